The maximum atomic E-state index is 15.1. The minimum absolute atomic E-state index is 0.0748. The highest BCUT2D eigenvalue weighted by atomic mass is 19.1. The molecule has 5 rings (SSSR count). The first-order valence-corrected chi connectivity index (χ1v) is 11.6. The number of halogens is 1. The van der Waals surface area contributed by atoms with Crippen molar-refractivity contribution in [3.63, 3.8) is 0 Å². The van der Waals surface area contributed by atoms with Gasteiger partial charge in [0.1, 0.15) is 11.9 Å². The maximum Gasteiger partial charge on any atom is 0.255 e. The highest BCUT2D eigenvalue weighted by molar-refractivity contribution is 6.05. The fourth-order valence-corrected chi connectivity index (χ4v) is 5.26. The van der Waals surface area contributed by atoms with E-state index in [4.69, 9.17) is 6.57 Å². The summed E-state index contributed by atoms with van der Waals surface area (Å²) in [5, 5.41) is 2.29. The van der Waals surface area contributed by atoms with Crippen LogP contribution in [-0.4, -0.2) is 46.7 Å². The quantitative estimate of drug-likeness (QED) is 0.560. The number of rotatable bonds is 4. The van der Waals surface area contributed by atoms with Crippen molar-refractivity contribution in [1.29, 1.82) is 0 Å². The Morgan fingerprint density at radius 3 is 2.47 bits per heavy atom. The predicted octanol–water partition coefficient (Wildman–Crippen LogP) is 3.52. The van der Waals surface area contributed by atoms with Crippen LogP contribution >= 0.6 is 0 Å². The molecule has 3 amide bonds. The molecule has 0 bridgehead atoms. The minimum Gasteiger partial charge on any atom is -0.322 e. The molecule has 3 heterocycles. The van der Waals surface area contributed by atoms with Crippen LogP contribution in [0.3, 0.4) is 0 Å². The van der Waals surface area contributed by atoms with Gasteiger partial charge in [0.15, 0.2) is 5.69 Å². The van der Waals surface area contributed by atoms with Crippen molar-refractivity contribution in [3.05, 3.63) is 75.9 Å². The Labute approximate surface area is 197 Å². The molecule has 0 radical (unpaired) electrons. The number of amides is 3. The predicted molar refractivity (Wildman–Crippen MR) is 122 cm³/mol. The van der Waals surface area contributed by atoms with E-state index < -0.39 is 11.9 Å². The number of piperidine rings is 2. The van der Waals surface area contributed by atoms with Gasteiger partial charge in [-0.05, 0) is 61.0 Å². The molecule has 0 spiro atoms. The van der Waals surface area contributed by atoms with Gasteiger partial charge in [-0.2, -0.15) is 0 Å². The molecule has 0 aromatic heterocycles. The monoisotopic (exact) mass is 460 g/mol. The summed E-state index contributed by atoms with van der Waals surface area (Å²) in [6.45, 7) is 9.79. The van der Waals surface area contributed by atoms with Crippen LogP contribution < -0.4 is 5.32 Å². The second kappa shape index (κ2) is 8.99. The molecule has 2 aromatic rings. The van der Waals surface area contributed by atoms with Gasteiger partial charge in [-0.15, -0.1) is 0 Å². The molecule has 2 saturated heterocycles. The number of carbonyl (C=O) groups is 3. The molecule has 3 aliphatic heterocycles. The van der Waals surface area contributed by atoms with Crippen molar-refractivity contribution in [2.45, 2.75) is 50.7 Å². The largest absolute Gasteiger partial charge is 0.322 e. The molecule has 3 aliphatic rings. The van der Waals surface area contributed by atoms with Crippen molar-refractivity contribution >= 4 is 23.4 Å². The Kier molecular flexibility index (Phi) is 5.88. The molecule has 7 nitrogen and oxygen atoms in total. The van der Waals surface area contributed by atoms with Crippen LogP contribution in [-0.2, 0) is 22.7 Å². The third-order valence-electron chi connectivity index (χ3n) is 7.14. The molecule has 1 atom stereocenters. The molecular weight excluding hydrogens is 435 g/mol. The molecule has 34 heavy (non-hydrogen) atoms. The zero-order chi connectivity index (χ0) is 23.8. The van der Waals surface area contributed by atoms with E-state index >= 15 is 4.39 Å². The highest BCUT2D eigenvalue weighted by Crippen LogP contribution is 2.35. The topological polar surface area (TPSA) is 74.1 Å². The summed E-state index contributed by atoms with van der Waals surface area (Å²) in [4.78, 5) is 43.8. The molecule has 8 heteroatoms. The summed E-state index contributed by atoms with van der Waals surface area (Å²) in [6.07, 6.45) is 2.12. The van der Waals surface area contributed by atoms with Crippen LogP contribution in [0.4, 0.5) is 10.1 Å². The molecular formula is C26H25FN4O3. The number of benzene rings is 2. The molecule has 0 saturated carbocycles. The number of hydrogen-bond donors (Lipinski definition) is 1. The highest BCUT2D eigenvalue weighted by Gasteiger charge is 2.40. The third-order valence-corrected chi connectivity index (χ3v) is 7.14. The van der Waals surface area contributed by atoms with Gasteiger partial charge in [-0.25, -0.2) is 9.24 Å². The van der Waals surface area contributed by atoms with Gasteiger partial charge >= 0.3 is 0 Å². The summed E-state index contributed by atoms with van der Waals surface area (Å²) < 4.78 is 15.1. The van der Waals surface area contributed by atoms with Gasteiger partial charge in [0.05, 0.1) is 6.57 Å². The van der Waals surface area contributed by atoms with Crippen molar-refractivity contribution in [3.8, 4) is 0 Å². The van der Waals surface area contributed by atoms with E-state index in [1.165, 1.54) is 11.0 Å². The van der Waals surface area contributed by atoms with E-state index in [2.05, 4.69) is 15.1 Å². The molecule has 1 N–H and O–H groups in total. The van der Waals surface area contributed by atoms with E-state index in [0.717, 1.165) is 43.6 Å². The average molecular weight is 461 g/mol. The smallest absolute Gasteiger partial charge is 0.255 e. The third kappa shape index (κ3) is 4.19. The fourth-order valence-electron chi connectivity index (χ4n) is 5.26. The number of nitrogens with one attached hydrogen (secondary N) is 1. The number of likely N-dealkylation sites (tertiary alicyclic amines) is 1. The van der Waals surface area contributed by atoms with E-state index in [1.807, 2.05) is 24.3 Å². The zero-order valence-electron chi connectivity index (χ0n) is 18.7. The summed E-state index contributed by atoms with van der Waals surface area (Å²) in [5.74, 6) is -1.44. The Hall–Kier alpha value is -3.57. The van der Waals surface area contributed by atoms with Crippen LogP contribution in [0.1, 0.15) is 58.6 Å². The number of fused-ring (bicyclic) bond motifs is 1. The first kappa shape index (κ1) is 22.2. The average Bonchev–Trinajstić information content (AvgIpc) is 3.15. The maximum absolute atomic E-state index is 15.1. The lowest BCUT2D eigenvalue weighted by atomic mass is 9.87. The van der Waals surface area contributed by atoms with Crippen molar-refractivity contribution in [1.82, 2.24) is 15.1 Å². The van der Waals surface area contributed by atoms with E-state index in [1.54, 1.807) is 6.07 Å². The van der Waals surface area contributed by atoms with Gasteiger partial charge in [0.2, 0.25) is 11.8 Å². The van der Waals surface area contributed by atoms with Gasteiger partial charge in [0, 0.05) is 25.1 Å². The van der Waals surface area contributed by atoms with Crippen LogP contribution in [0.2, 0.25) is 0 Å². The summed E-state index contributed by atoms with van der Waals surface area (Å²) in [6, 6.07) is 10.0. The zero-order valence-corrected chi connectivity index (χ0v) is 18.7. The second-order valence-electron chi connectivity index (χ2n) is 9.26. The van der Waals surface area contributed by atoms with Crippen molar-refractivity contribution in [2.75, 3.05) is 13.1 Å². The SMILES string of the molecule is [C-]#[N+]c1ccc(CN2CCC(c3cc4c(cc3F)C(=O)N(C3CCC(=O)NC3=O)C4)CC2)cc1. The molecule has 2 aromatic carbocycles. The van der Waals surface area contributed by atoms with Gasteiger partial charge < -0.3 is 4.90 Å². The summed E-state index contributed by atoms with van der Waals surface area (Å²) in [7, 11) is 0. The number of imide groups is 1. The first-order valence-electron chi connectivity index (χ1n) is 11.6. The van der Waals surface area contributed by atoms with Crippen LogP contribution in [0, 0.1) is 12.4 Å². The minimum atomic E-state index is -0.698. The van der Waals surface area contributed by atoms with Crippen molar-refractivity contribution in [2.24, 2.45) is 0 Å². The van der Waals surface area contributed by atoms with Gasteiger partial charge in [-0.3, -0.25) is 24.6 Å². The summed E-state index contributed by atoms with van der Waals surface area (Å²) >= 11 is 0. The lowest BCUT2D eigenvalue weighted by Crippen LogP contribution is -2.52. The normalized spacial score (nSPS) is 21.4. The standard InChI is InChI=1S/C26H25FN4O3/c1-28-19-4-2-16(3-5-19)14-30-10-8-17(9-11-30)20-12-18-15-31(26(34)21(18)13-22(20)27)23-6-7-24(32)29-25(23)33/h2-5,12-13,17,23H,6-11,14-15H2,(H,29,32,33). The van der Waals surface area contributed by atoms with Crippen LogP contribution in [0.25, 0.3) is 4.85 Å². The number of carbonyl (C=O) groups excluding carboxylic acids is 3. The Morgan fingerprint density at radius 2 is 1.79 bits per heavy atom. The fraction of sp³-hybridized carbons (Fsp3) is 0.385. The van der Waals surface area contributed by atoms with Crippen LogP contribution in [0.5, 0.6) is 0 Å². The first-order chi connectivity index (χ1) is 16.4. The molecule has 2 fully saturated rings. The lowest BCUT2D eigenvalue weighted by molar-refractivity contribution is -0.136. The molecule has 1 unspecified atom stereocenters. The van der Waals surface area contributed by atoms with E-state index in [0.29, 0.717) is 23.2 Å². The van der Waals surface area contributed by atoms with E-state index in [-0.39, 0.29) is 36.5 Å². The molecule has 174 valence electrons. The van der Waals surface area contributed by atoms with Crippen molar-refractivity contribution < 1.29 is 18.8 Å². The van der Waals surface area contributed by atoms with Gasteiger partial charge in [-0.1, -0.05) is 30.3 Å². The molecule has 0 aliphatic carbocycles. The summed E-state index contributed by atoms with van der Waals surface area (Å²) in [5.41, 5.74) is 3.48. The van der Waals surface area contributed by atoms with Crippen LogP contribution in [0.15, 0.2) is 36.4 Å². The van der Waals surface area contributed by atoms with E-state index in [9.17, 15) is 14.4 Å². The Morgan fingerprint density at radius 1 is 1.06 bits per heavy atom. The number of nitrogens with zero attached hydrogens (tertiary/aromatic N) is 3. The Bertz CT molecular complexity index is 1200. The van der Waals surface area contributed by atoms with Gasteiger partial charge in [0.25, 0.3) is 5.91 Å². The Balaban J connectivity index is 1.25. The number of hydrogen-bond acceptors (Lipinski definition) is 4. The lowest BCUT2D eigenvalue weighted by Gasteiger charge is -2.32. The second-order valence-corrected chi connectivity index (χ2v) is 9.26.